The number of aromatic amines is 1. The molecule has 3 aromatic rings. The van der Waals surface area contributed by atoms with Gasteiger partial charge >= 0.3 is 0 Å². The number of nitrogens with zero attached hydrogens (tertiary/aromatic N) is 2. The van der Waals surface area contributed by atoms with E-state index in [-0.39, 0.29) is 11.9 Å². The second-order valence-corrected chi connectivity index (χ2v) is 5.63. The molecule has 0 bridgehead atoms. The van der Waals surface area contributed by atoms with Gasteiger partial charge in [0.1, 0.15) is 5.69 Å². The summed E-state index contributed by atoms with van der Waals surface area (Å²) in [4.78, 5) is 16.8. The lowest BCUT2D eigenvalue weighted by atomic mass is 10.00. The molecule has 0 aliphatic heterocycles. The molecular weight excluding hydrogens is 300 g/mol. The molecule has 24 heavy (non-hydrogen) atoms. The molecule has 0 spiro atoms. The summed E-state index contributed by atoms with van der Waals surface area (Å²) in [5, 5.41) is 10.1. The van der Waals surface area contributed by atoms with Gasteiger partial charge in [0.05, 0.1) is 6.04 Å². The highest BCUT2D eigenvalue weighted by molar-refractivity contribution is 5.92. The maximum atomic E-state index is 12.6. The average Bonchev–Trinajstić information content (AvgIpc) is 3.10. The van der Waals surface area contributed by atoms with Crippen LogP contribution in [0, 0.1) is 0 Å². The number of pyridine rings is 1. The molecule has 1 amide bonds. The minimum absolute atomic E-state index is 0.202. The molecule has 122 valence electrons. The van der Waals surface area contributed by atoms with Crippen molar-refractivity contribution >= 4 is 5.91 Å². The number of aromatic nitrogens is 3. The highest BCUT2D eigenvalue weighted by Gasteiger charge is 2.19. The zero-order chi connectivity index (χ0) is 16.8. The molecule has 0 unspecified atom stereocenters. The van der Waals surface area contributed by atoms with Crippen molar-refractivity contribution in [3.05, 3.63) is 83.4 Å². The molecule has 5 nitrogen and oxygen atoms in total. The molecule has 0 radical (unpaired) electrons. The molecule has 0 saturated heterocycles. The summed E-state index contributed by atoms with van der Waals surface area (Å²) in [6.45, 7) is 2.09. The van der Waals surface area contributed by atoms with Crippen LogP contribution in [0.15, 0.2) is 60.9 Å². The van der Waals surface area contributed by atoms with Gasteiger partial charge in [0.2, 0.25) is 0 Å². The largest absolute Gasteiger partial charge is 0.340 e. The Morgan fingerprint density at radius 2 is 1.96 bits per heavy atom. The molecular formula is C19H20N4O. The van der Waals surface area contributed by atoms with Crippen LogP contribution in [0.1, 0.15) is 46.7 Å². The van der Waals surface area contributed by atoms with Crippen molar-refractivity contribution < 1.29 is 4.79 Å². The van der Waals surface area contributed by atoms with Gasteiger partial charge in [0.25, 0.3) is 5.91 Å². The molecule has 5 heteroatoms. The first kappa shape index (κ1) is 15.9. The molecule has 0 aliphatic rings. The Bertz CT molecular complexity index is 744. The Labute approximate surface area is 141 Å². The number of benzene rings is 1. The second-order valence-electron chi connectivity index (χ2n) is 5.63. The summed E-state index contributed by atoms with van der Waals surface area (Å²) in [5.74, 6) is -0.202. The van der Waals surface area contributed by atoms with Crippen molar-refractivity contribution in [1.29, 1.82) is 0 Å². The molecule has 3 rings (SSSR count). The van der Waals surface area contributed by atoms with Crippen molar-refractivity contribution in [2.24, 2.45) is 0 Å². The van der Waals surface area contributed by atoms with Crippen LogP contribution in [0.25, 0.3) is 0 Å². The Kier molecular flexibility index (Phi) is 5.01. The maximum absolute atomic E-state index is 12.6. The van der Waals surface area contributed by atoms with Gasteiger partial charge in [-0.1, -0.05) is 49.7 Å². The Balaban J connectivity index is 1.85. The topological polar surface area (TPSA) is 70.7 Å². The number of carbonyl (C=O) groups is 1. The number of H-pyrrole nitrogens is 1. The van der Waals surface area contributed by atoms with Crippen LogP contribution in [0.4, 0.5) is 0 Å². The van der Waals surface area contributed by atoms with Crippen LogP contribution < -0.4 is 5.32 Å². The van der Waals surface area contributed by atoms with Crippen LogP contribution in [0.2, 0.25) is 0 Å². The molecule has 2 heterocycles. The van der Waals surface area contributed by atoms with E-state index < -0.39 is 0 Å². The molecule has 0 aliphatic carbocycles. The zero-order valence-electron chi connectivity index (χ0n) is 13.6. The van der Waals surface area contributed by atoms with Gasteiger partial charge in [-0.25, -0.2) is 0 Å². The standard InChI is InChI=1S/C19H20N4O/c1-2-7-16-12-17(23-22-16)19(24)21-18(14-8-4-3-5-9-14)15-10-6-11-20-13-15/h3-6,8-13,18H,2,7H2,1H3,(H,21,24)(H,22,23)/t18-/m1/s1. The fraction of sp³-hybridized carbons (Fsp3) is 0.211. The Morgan fingerprint density at radius 3 is 2.67 bits per heavy atom. The third-order valence-corrected chi connectivity index (χ3v) is 3.81. The first-order valence-electron chi connectivity index (χ1n) is 8.08. The van der Waals surface area contributed by atoms with E-state index in [0.29, 0.717) is 5.69 Å². The van der Waals surface area contributed by atoms with E-state index in [1.807, 2.05) is 48.5 Å². The first-order valence-corrected chi connectivity index (χ1v) is 8.08. The smallest absolute Gasteiger partial charge is 0.272 e. The second kappa shape index (κ2) is 7.55. The molecule has 0 saturated carbocycles. The van der Waals surface area contributed by atoms with Gasteiger partial charge in [-0.05, 0) is 29.7 Å². The molecule has 1 atom stereocenters. The Hall–Kier alpha value is -2.95. The van der Waals surface area contributed by atoms with Crippen molar-refractivity contribution in [3.8, 4) is 0 Å². The maximum Gasteiger partial charge on any atom is 0.272 e. The summed E-state index contributed by atoms with van der Waals surface area (Å²) in [6.07, 6.45) is 5.37. The normalized spacial score (nSPS) is 11.9. The molecule has 0 fully saturated rings. The number of rotatable bonds is 6. The van der Waals surface area contributed by atoms with E-state index in [1.165, 1.54) is 0 Å². The predicted molar refractivity (Wildman–Crippen MR) is 92.6 cm³/mol. The summed E-state index contributed by atoms with van der Waals surface area (Å²) < 4.78 is 0. The van der Waals surface area contributed by atoms with E-state index in [1.54, 1.807) is 12.4 Å². The van der Waals surface area contributed by atoms with Crippen LogP contribution in [-0.2, 0) is 6.42 Å². The first-order chi connectivity index (χ1) is 11.8. The lowest BCUT2D eigenvalue weighted by Crippen LogP contribution is -2.29. The quantitative estimate of drug-likeness (QED) is 0.732. The summed E-state index contributed by atoms with van der Waals surface area (Å²) in [7, 11) is 0. The van der Waals surface area contributed by atoms with Crippen LogP contribution >= 0.6 is 0 Å². The Morgan fingerprint density at radius 1 is 1.17 bits per heavy atom. The fourth-order valence-corrected chi connectivity index (χ4v) is 2.63. The molecule has 1 aromatic carbocycles. The number of hydrogen-bond donors (Lipinski definition) is 2. The minimum Gasteiger partial charge on any atom is -0.340 e. The van der Waals surface area contributed by atoms with Gasteiger partial charge in [-0.15, -0.1) is 0 Å². The van der Waals surface area contributed by atoms with Gasteiger partial charge in [-0.2, -0.15) is 5.10 Å². The molecule has 2 aromatic heterocycles. The van der Waals surface area contributed by atoms with E-state index in [2.05, 4.69) is 27.4 Å². The van der Waals surface area contributed by atoms with Gasteiger partial charge in [-0.3, -0.25) is 14.9 Å². The van der Waals surface area contributed by atoms with Crippen molar-refractivity contribution in [2.75, 3.05) is 0 Å². The van der Waals surface area contributed by atoms with Crippen LogP contribution in [-0.4, -0.2) is 21.1 Å². The molecule has 2 N–H and O–H groups in total. The van der Waals surface area contributed by atoms with Gasteiger partial charge in [0, 0.05) is 18.1 Å². The number of carbonyl (C=O) groups excluding carboxylic acids is 1. The number of amides is 1. The van der Waals surface area contributed by atoms with E-state index in [4.69, 9.17) is 0 Å². The third-order valence-electron chi connectivity index (χ3n) is 3.81. The summed E-state index contributed by atoms with van der Waals surface area (Å²) >= 11 is 0. The third kappa shape index (κ3) is 3.68. The number of nitrogens with one attached hydrogen (secondary N) is 2. The average molecular weight is 320 g/mol. The van der Waals surface area contributed by atoms with Crippen molar-refractivity contribution in [3.63, 3.8) is 0 Å². The van der Waals surface area contributed by atoms with Gasteiger partial charge < -0.3 is 5.32 Å². The van der Waals surface area contributed by atoms with Crippen LogP contribution in [0.5, 0.6) is 0 Å². The lowest BCUT2D eigenvalue weighted by Gasteiger charge is -2.18. The van der Waals surface area contributed by atoms with Gasteiger partial charge in [0.15, 0.2) is 0 Å². The SMILES string of the molecule is CCCc1cc(C(=O)N[C@H](c2ccccc2)c2cccnc2)n[nH]1. The predicted octanol–water partition coefficient (Wildman–Crippen LogP) is 3.28. The highest BCUT2D eigenvalue weighted by atomic mass is 16.2. The van der Waals surface area contributed by atoms with E-state index in [0.717, 1.165) is 29.7 Å². The summed E-state index contributed by atoms with van der Waals surface area (Å²) in [5.41, 5.74) is 3.31. The summed E-state index contributed by atoms with van der Waals surface area (Å²) in [6, 6.07) is 15.2. The monoisotopic (exact) mass is 320 g/mol. The fourth-order valence-electron chi connectivity index (χ4n) is 2.63. The van der Waals surface area contributed by atoms with Crippen molar-refractivity contribution in [2.45, 2.75) is 25.8 Å². The number of hydrogen-bond acceptors (Lipinski definition) is 3. The number of aryl methyl sites for hydroxylation is 1. The van der Waals surface area contributed by atoms with Crippen molar-refractivity contribution in [1.82, 2.24) is 20.5 Å². The van der Waals surface area contributed by atoms with E-state index >= 15 is 0 Å². The lowest BCUT2D eigenvalue weighted by molar-refractivity contribution is 0.0938. The van der Waals surface area contributed by atoms with Crippen LogP contribution in [0.3, 0.4) is 0 Å². The zero-order valence-corrected chi connectivity index (χ0v) is 13.6. The minimum atomic E-state index is -0.265. The highest BCUT2D eigenvalue weighted by Crippen LogP contribution is 2.21. The van der Waals surface area contributed by atoms with E-state index in [9.17, 15) is 4.79 Å².